The number of methoxy groups -OCH3 is 1. The Kier molecular flexibility index (Phi) is 6.23. The van der Waals surface area contributed by atoms with Gasteiger partial charge in [0, 0.05) is 23.6 Å². The first-order valence-electron chi connectivity index (χ1n) is 8.44. The summed E-state index contributed by atoms with van der Waals surface area (Å²) < 4.78 is 10.7. The van der Waals surface area contributed by atoms with E-state index in [4.69, 9.17) is 9.47 Å². The highest BCUT2D eigenvalue weighted by atomic mass is 32.1. The first-order valence-corrected chi connectivity index (χ1v) is 9.32. The lowest BCUT2D eigenvalue weighted by Crippen LogP contribution is -2.20. The molecule has 0 unspecified atom stereocenters. The van der Waals surface area contributed by atoms with E-state index in [0.717, 1.165) is 11.3 Å². The van der Waals surface area contributed by atoms with Crippen molar-refractivity contribution in [3.8, 4) is 22.8 Å². The maximum atomic E-state index is 12.1. The predicted octanol–water partition coefficient (Wildman–Crippen LogP) is 3.79. The number of nitrogens with zero attached hydrogens (tertiary/aromatic N) is 1. The number of hydrogen-bond donors (Lipinski definition) is 2. The molecule has 0 atom stereocenters. The van der Waals surface area contributed by atoms with E-state index >= 15 is 0 Å². The second kappa shape index (κ2) is 9.01. The molecule has 0 saturated heterocycles. The minimum absolute atomic E-state index is 0.123. The quantitative estimate of drug-likeness (QED) is 0.633. The van der Waals surface area contributed by atoms with E-state index in [-0.39, 0.29) is 18.4 Å². The highest BCUT2D eigenvalue weighted by Gasteiger charge is 2.10. The summed E-state index contributed by atoms with van der Waals surface area (Å²) >= 11 is 1.32. The van der Waals surface area contributed by atoms with Gasteiger partial charge in [0.1, 0.15) is 0 Å². The summed E-state index contributed by atoms with van der Waals surface area (Å²) in [5, 5.41) is 7.77. The van der Waals surface area contributed by atoms with Crippen molar-refractivity contribution in [3.05, 3.63) is 53.9 Å². The number of amides is 2. The van der Waals surface area contributed by atoms with Crippen molar-refractivity contribution in [3.63, 3.8) is 0 Å². The number of carbonyl (C=O) groups is 2. The Labute approximate surface area is 166 Å². The van der Waals surface area contributed by atoms with Gasteiger partial charge in [0.05, 0.1) is 12.8 Å². The molecule has 1 heterocycles. The van der Waals surface area contributed by atoms with Gasteiger partial charge in [-0.2, -0.15) is 0 Å². The van der Waals surface area contributed by atoms with Gasteiger partial charge in [-0.25, -0.2) is 4.98 Å². The molecule has 1 aromatic heterocycles. The highest BCUT2D eigenvalue weighted by molar-refractivity contribution is 7.14. The molecular weight excluding hydrogens is 378 g/mol. The predicted molar refractivity (Wildman–Crippen MR) is 109 cm³/mol. The average Bonchev–Trinajstić information content (AvgIpc) is 3.15. The molecule has 0 aliphatic rings. The Balaban J connectivity index is 1.58. The molecule has 144 valence electrons. The Morgan fingerprint density at radius 3 is 2.43 bits per heavy atom. The number of ether oxygens (including phenoxy) is 2. The van der Waals surface area contributed by atoms with Crippen LogP contribution in [-0.2, 0) is 9.59 Å². The van der Waals surface area contributed by atoms with Crippen LogP contribution in [0, 0.1) is 0 Å². The van der Waals surface area contributed by atoms with Gasteiger partial charge in [0.25, 0.3) is 5.91 Å². The summed E-state index contributed by atoms with van der Waals surface area (Å²) in [7, 11) is 1.54. The summed E-state index contributed by atoms with van der Waals surface area (Å²) in [4.78, 5) is 27.6. The fraction of sp³-hybridized carbons (Fsp3) is 0.150. The molecule has 0 saturated carbocycles. The monoisotopic (exact) mass is 397 g/mol. The molecule has 0 aliphatic heterocycles. The molecule has 0 fully saturated rings. The first kappa shape index (κ1) is 19.4. The molecule has 0 bridgehead atoms. The second-order valence-electron chi connectivity index (χ2n) is 5.78. The molecule has 2 aromatic carbocycles. The normalized spacial score (nSPS) is 10.2. The lowest BCUT2D eigenvalue weighted by Gasteiger charge is -2.09. The zero-order chi connectivity index (χ0) is 19.9. The van der Waals surface area contributed by atoms with Gasteiger partial charge in [-0.3, -0.25) is 14.9 Å². The third-order valence-electron chi connectivity index (χ3n) is 3.68. The summed E-state index contributed by atoms with van der Waals surface area (Å²) in [5.41, 5.74) is 2.34. The van der Waals surface area contributed by atoms with Crippen molar-refractivity contribution in [1.82, 2.24) is 4.98 Å². The van der Waals surface area contributed by atoms with Gasteiger partial charge in [0.2, 0.25) is 5.91 Å². The molecule has 0 aliphatic carbocycles. The third-order valence-corrected chi connectivity index (χ3v) is 4.44. The van der Waals surface area contributed by atoms with Gasteiger partial charge in [-0.1, -0.05) is 24.3 Å². The summed E-state index contributed by atoms with van der Waals surface area (Å²) in [6.07, 6.45) is 0. The number of anilines is 2. The lowest BCUT2D eigenvalue weighted by molar-refractivity contribution is -0.118. The second-order valence-corrected chi connectivity index (χ2v) is 6.64. The molecule has 7 nitrogen and oxygen atoms in total. The van der Waals surface area contributed by atoms with E-state index in [0.29, 0.717) is 22.3 Å². The standard InChI is InChI=1S/C20H19N3O4S/c1-13(24)21-15-9-7-14(8-10-15)16-12-28-20(22-16)23-19(25)11-27-18-6-4-3-5-17(18)26-2/h3-10,12H,11H2,1-2H3,(H,21,24)(H,22,23,25). The zero-order valence-corrected chi connectivity index (χ0v) is 16.2. The minimum Gasteiger partial charge on any atom is -0.493 e. The van der Waals surface area contributed by atoms with Crippen LogP contribution in [0.2, 0.25) is 0 Å². The van der Waals surface area contributed by atoms with Gasteiger partial charge in [-0.05, 0) is 24.3 Å². The van der Waals surface area contributed by atoms with Crippen LogP contribution in [0.1, 0.15) is 6.92 Å². The topological polar surface area (TPSA) is 89.6 Å². The Morgan fingerprint density at radius 1 is 1.04 bits per heavy atom. The Hall–Kier alpha value is -3.39. The average molecular weight is 397 g/mol. The molecule has 28 heavy (non-hydrogen) atoms. The molecule has 2 N–H and O–H groups in total. The third kappa shape index (κ3) is 5.08. The van der Waals surface area contributed by atoms with Gasteiger partial charge >= 0.3 is 0 Å². The number of nitrogens with one attached hydrogen (secondary N) is 2. The van der Waals surface area contributed by atoms with Crippen molar-refractivity contribution < 1.29 is 19.1 Å². The minimum atomic E-state index is -0.312. The molecular formula is C20H19N3O4S. The number of hydrogen-bond acceptors (Lipinski definition) is 6. The van der Waals surface area contributed by atoms with Crippen molar-refractivity contribution in [2.45, 2.75) is 6.92 Å². The van der Waals surface area contributed by atoms with E-state index < -0.39 is 0 Å². The zero-order valence-electron chi connectivity index (χ0n) is 15.4. The SMILES string of the molecule is COc1ccccc1OCC(=O)Nc1nc(-c2ccc(NC(C)=O)cc2)cs1. The summed E-state index contributed by atoms with van der Waals surface area (Å²) in [6.45, 7) is 1.31. The smallest absolute Gasteiger partial charge is 0.264 e. The first-order chi connectivity index (χ1) is 13.5. The summed E-state index contributed by atoms with van der Waals surface area (Å²) in [6, 6.07) is 14.4. The number of rotatable bonds is 7. The number of thiazole rings is 1. The number of carbonyl (C=O) groups excluding carboxylic acids is 2. The van der Waals surface area contributed by atoms with Gasteiger partial charge in [0.15, 0.2) is 23.2 Å². The Morgan fingerprint density at radius 2 is 1.75 bits per heavy atom. The van der Waals surface area contributed by atoms with Crippen LogP contribution in [0.5, 0.6) is 11.5 Å². The largest absolute Gasteiger partial charge is 0.493 e. The van der Waals surface area contributed by atoms with E-state index in [1.165, 1.54) is 18.3 Å². The van der Waals surface area contributed by atoms with Crippen molar-refractivity contribution in [1.29, 1.82) is 0 Å². The molecule has 3 aromatic rings. The maximum absolute atomic E-state index is 12.1. The molecule has 0 spiro atoms. The molecule has 8 heteroatoms. The fourth-order valence-electron chi connectivity index (χ4n) is 2.43. The van der Waals surface area contributed by atoms with Crippen LogP contribution < -0.4 is 20.1 Å². The lowest BCUT2D eigenvalue weighted by atomic mass is 10.1. The van der Waals surface area contributed by atoms with Crippen molar-refractivity contribution in [2.75, 3.05) is 24.4 Å². The number of para-hydroxylation sites is 2. The van der Waals surface area contributed by atoms with Gasteiger partial charge in [-0.15, -0.1) is 11.3 Å². The van der Waals surface area contributed by atoms with Crippen molar-refractivity contribution >= 4 is 34.0 Å². The van der Waals surface area contributed by atoms with Crippen LogP contribution in [0.15, 0.2) is 53.9 Å². The summed E-state index contributed by atoms with van der Waals surface area (Å²) in [5.74, 6) is 0.628. The van der Waals surface area contributed by atoms with Crippen molar-refractivity contribution in [2.24, 2.45) is 0 Å². The molecule has 3 rings (SSSR count). The van der Waals surface area contributed by atoms with E-state index in [1.807, 2.05) is 23.6 Å². The van der Waals surface area contributed by atoms with Crippen LogP contribution in [0.4, 0.5) is 10.8 Å². The molecule has 0 radical (unpaired) electrons. The fourth-order valence-corrected chi connectivity index (χ4v) is 3.16. The Bertz CT molecular complexity index is 970. The van der Waals surface area contributed by atoms with Crippen LogP contribution in [0.25, 0.3) is 11.3 Å². The van der Waals surface area contributed by atoms with E-state index in [9.17, 15) is 9.59 Å². The van der Waals surface area contributed by atoms with Crippen LogP contribution >= 0.6 is 11.3 Å². The number of aromatic nitrogens is 1. The maximum Gasteiger partial charge on any atom is 0.264 e. The van der Waals surface area contributed by atoms with E-state index in [2.05, 4.69) is 15.6 Å². The van der Waals surface area contributed by atoms with Crippen LogP contribution in [0.3, 0.4) is 0 Å². The highest BCUT2D eigenvalue weighted by Crippen LogP contribution is 2.27. The molecule has 2 amide bonds. The van der Waals surface area contributed by atoms with Gasteiger partial charge < -0.3 is 14.8 Å². The van der Waals surface area contributed by atoms with E-state index in [1.54, 1.807) is 37.4 Å². The number of benzene rings is 2. The van der Waals surface area contributed by atoms with Crippen LogP contribution in [-0.4, -0.2) is 30.5 Å².